The third kappa shape index (κ3) is 25.7. The first-order valence-corrected chi connectivity index (χ1v) is 6.69. The van der Waals surface area contributed by atoms with E-state index < -0.39 is 7.69 Å². The molecule has 0 unspecified atom stereocenters. The topological polar surface area (TPSA) is 76.1 Å². The molecule has 0 bridgehead atoms. The zero-order valence-corrected chi connectivity index (χ0v) is 13.2. The van der Waals surface area contributed by atoms with Crippen LogP contribution in [0.3, 0.4) is 0 Å². The second-order valence-corrected chi connectivity index (χ2v) is 5.27. The minimum atomic E-state index is -0.500. The molecule has 1 N–H and O–H groups in total. The first-order valence-electron chi connectivity index (χ1n) is 4.96. The minimum Gasteiger partial charge on any atom is -0.900 e. The maximum Gasteiger partial charge on any atom is 2.00 e. The van der Waals surface area contributed by atoms with Gasteiger partial charge in [0.15, 0.2) is 0 Å². The van der Waals surface area contributed by atoms with Crippen LogP contribution in [-0.4, -0.2) is 68.2 Å². The van der Waals surface area contributed by atoms with Gasteiger partial charge in [0.2, 0.25) is 0 Å². The van der Waals surface area contributed by atoms with E-state index in [0.717, 1.165) is 10.9 Å². The van der Waals surface area contributed by atoms with Gasteiger partial charge in [-0.1, -0.05) is 20.8 Å². The standard InChI is InChI=1S/C9H21S.BO2.Ca.H2O/c1-4-7-10(8-5-2)9-6-3;2-1-3;;/h4-9H2,1-3H3;;;1H2/q+1;-2;+2;/p-1. The van der Waals surface area contributed by atoms with Gasteiger partial charge in [0.05, 0.1) is 0 Å². The van der Waals surface area contributed by atoms with E-state index in [1.54, 1.807) is 0 Å². The van der Waals surface area contributed by atoms with Gasteiger partial charge in [0, 0.05) is 0 Å². The van der Waals surface area contributed by atoms with Crippen molar-refractivity contribution in [2.75, 3.05) is 17.3 Å². The van der Waals surface area contributed by atoms with E-state index in [1.807, 2.05) is 0 Å². The van der Waals surface area contributed by atoms with Crippen molar-refractivity contribution in [3.63, 3.8) is 0 Å². The van der Waals surface area contributed by atoms with Crippen LogP contribution in [0.2, 0.25) is 0 Å². The molecule has 0 amide bonds. The number of hydrogen-bond donors (Lipinski definition) is 0. The van der Waals surface area contributed by atoms with Crippen molar-refractivity contribution < 1.29 is 15.5 Å². The molecule has 0 aromatic heterocycles. The summed E-state index contributed by atoms with van der Waals surface area (Å²) in [5, 5.41) is 16.5. The second kappa shape index (κ2) is 24.7. The largest absolute Gasteiger partial charge is 2.00 e. The molecule has 15 heavy (non-hydrogen) atoms. The van der Waals surface area contributed by atoms with Crippen molar-refractivity contribution in [2.24, 2.45) is 0 Å². The molecule has 87 valence electrons. The monoisotopic (exact) mass is 261 g/mol. The molecule has 0 fully saturated rings. The van der Waals surface area contributed by atoms with Gasteiger partial charge in [-0.05, 0) is 30.2 Å². The van der Waals surface area contributed by atoms with Crippen molar-refractivity contribution in [1.82, 2.24) is 0 Å². The predicted octanol–water partition coefficient (Wildman–Crippen LogP) is -0.482. The van der Waals surface area contributed by atoms with Gasteiger partial charge >= 0.3 is 37.7 Å². The van der Waals surface area contributed by atoms with Crippen molar-refractivity contribution in [2.45, 2.75) is 40.0 Å². The van der Waals surface area contributed by atoms with E-state index in [4.69, 9.17) is 10.0 Å². The Morgan fingerprint density at radius 1 is 0.867 bits per heavy atom. The number of rotatable bonds is 6. The van der Waals surface area contributed by atoms with Crippen LogP contribution in [-0.2, 0) is 10.9 Å². The van der Waals surface area contributed by atoms with Crippen LogP contribution in [0.25, 0.3) is 0 Å². The molecule has 1 radical (unpaired) electrons. The zero-order valence-electron chi connectivity index (χ0n) is 10.2. The Labute approximate surface area is 128 Å². The van der Waals surface area contributed by atoms with Gasteiger partial charge in [-0.15, -0.1) is 0 Å². The molecule has 0 saturated carbocycles. The Morgan fingerprint density at radius 2 is 1.07 bits per heavy atom. The van der Waals surface area contributed by atoms with E-state index in [2.05, 4.69) is 20.8 Å². The summed E-state index contributed by atoms with van der Waals surface area (Å²) in [6.45, 7) is 6.89. The normalized spacial score (nSPS) is 8.13. The van der Waals surface area contributed by atoms with Crippen LogP contribution < -0.4 is 10.0 Å². The van der Waals surface area contributed by atoms with Gasteiger partial charge < -0.3 is 15.5 Å². The molecule has 0 aliphatic heterocycles. The fourth-order valence-electron chi connectivity index (χ4n) is 1.17. The van der Waals surface area contributed by atoms with Crippen LogP contribution in [0.15, 0.2) is 0 Å². The Morgan fingerprint density at radius 3 is 1.20 bits per heavy atom. The van der Waals surface area contributed by atoms with E-state index in [-0.39, 0.29) is 43.2 Å². The fraction of sp³-hybridized carbons (Fsp3) is 1.00. The maximum atomic E-state index is 8.25. The van der Waals surface area contributed by atoms with Gasteiger partial charge in [0.1, 0.15) is 17.3 Å². The molecular formula is C9H22BCaO3S. The molecule has 0 aliphatic rings. The van der Waals surface area contributed by atoms with Crippen LogP contribution in [0.1, 0.15) is 40.0 Å². The Kier molecular flexibility index (Phi) is 41.8. The fourth-order valence-corrected chi connectivity index (χ4v) is 3.52. The van der Waals surface area contributed by atoms with Crippen molar-refractivity contribution in [1.29, 1.82) is 0 Å². The first kappa shape index (κ1) is 25.4. The first-order chi connectivity index (χ1) is 6.26. The molecule has 0 aromatic carbocycles. The van der Waals surface area contributed by atoms with Crippen molar-refractivity contribution in [3.05, 3.63) is 0 Å². The average molecular weight is 261 g/mol. The Bertz CT molecular complexity index is 77.5. The third-order valence-electron chi connectivity index (χ3n) is 1.48. The SMILES string of the molecule is CCC[S+](CCC)CCC.[Ca+2].[O-][B][O-].[OH-]. The molecule has 0 heterocycles. The molecule has 0 rings (SSSR count). The van der Waals surface area contributed by atoms with Crippen LogP contribution >= 0.6 is 0 Å². The van der Waals surface area contributed by atoms with E-state index in [0.29, 0.717) is 0 Å². The van der Waals surface area contributed by atoms with Gasteiger partial charge in [-0.3, -0.25) is 0 Å². The van der Waals surface area contributed by atoms with Crippen LogP contribution in [0.4, 0.5) is 0 Å². The summed E-state index contributed by atoms with van der Waals surface area (Å²) in [5.74, 6) is 4.42. The maximum absolute atomic E-state index is 8.25. The number of hydrogen-bond acceptors (Lipinski definition) is 3. The van der Waals surface area contributed by atoms with E-state index in [1.165, 1.54) is 36.5 Å². The predicted molar refractivity (Wildman–Crippen MR) is 66.3 cm³/mol. The molecule has 0 atom stereocenters. The minimum absolute atomic E-state index is 0. The van der Waals surface area contributed by atoms with Crippen molar-refractivity contribution >= 4 is 56.3 Å². The molecule has 0 spiro atoms. The summed E-state index contributed by atoms with van der Waals surface area (Å²) in [7, 11) is 0.275. The quantitative estimate of drug-likeness (QED) is 0.478. The second-order valence-electron chi connectivity index (χ2n) is 2.82. The summed E-state index contributed by atoms with van der Waals surface area (Å²) in [6, 6.07) is 0. The average Bonchev–Trinajstić information content (AvgIpc) is 2.07. The zero-order chi connectivity index (χ0) is 10.5. The summed E-state index contributed by atoms with van der Waals surface area (Å²) in [4.78, 5) is 0. The van der Waals surface area contributed by atoms with Gasteiger partial charge in [0.25, 0.3) is 0 Å². The molecular weight excluding hydrogens is 239 g/mol. The molecule has 0 aliphatic carbocycles. The summed E-state index contributed by atoms with van der Waals surface area (Å²) in [5.41, 5.74) is 0. The molecule has 6 heteroatoms. The smallest absolute Gasteiger partial charge is 0.900 e. The van der Waals surface area contributed by atoms with Crippen molar-refractivity contribution in [3.8, 4) is 0 Å². The summed E-state index contributed by atoms with van der Waals surface area (Å²) >= 11 is 0. The summed E-state index contributed by atoms with van der Waals surface area (Å²) in [6.07, 6.45) is 4.13. The third-order valence-corrected chi connectivity index (χ3v) is 4.44. The van der Waals surface area contributed by atoms with Crippen LogP contribution in [0.5, 0.6) is 0 Å². The Hall–Kier alpha value is 1.55. The summed E-state index contributed by atoms with van der Waals surface area (Å²) < 4.78 is 0. The molecule has 0 saturated heterocycles. The molecule has 0 aromatic rings. The van der Waals surface area contributed by atoms with Gasteiger partial charge in [-0.25, -0.2) is 7.69 Å². The van der Waals surface area contributed by atoms with Gasteiger partial charge in [-0.2, -0.15) is 0 Å². The molecule has 3 nitrogen and oxygen atoms in total. The van der Waals surface area contributed by atoms with Crippen LogP contribution in [0, 0.1) is 0 Å². The Balaban J connectivity index is -0.000000108. The van der Waals surface area contributed by atoms with E-state index >= 15 is 0 Å². The van der Waals surface area contributed by atoms with E-state index in [9.17, 15) is 0 Å².